The van der Waals surface area contributed by atoms with Crippen molar-refractivity contribution < 1.29 is 4.79 Å². The van der Waals surface area contributed by atoms with Gasteiger partial charge < -0.3 is 15.5 Å². The monoisotopic (exact) mass is 292 g/mol. The van der Waals surface area contributed by atoms with Crippen LogP contribution in [0.1, 0.15) is 43.2 Å². The van der Waals surface area contributed by atoms with E-state index in [1.165, 1.54) is 0 Å². The molecule has 5 nitrogen and oxygen atoms in total. The third kappa shape index (κ3) is 5.01. The van der Waals surface area contributed by atoms with E-state index in [0.717, 1.165) is 24.4 Å². The predicted molar refractivity (Wildman–Crippen MR) is 87.9 cm³/mol. The van der Waals surface area contributed by atoms with Crippen LogP contribution < -0.4 is 10.6 Å². The van der Waals surface area contributed by atoms with Crippen molar-refractivity contribution in [1.82, 2.24) is 15.2 Å². The van der Waals surface area contributed by atoms with Gasteiger partial charge in [0.15, 0.2) is 0 Å². The molecule has 0 saturated carbocycles. The van der Waals surface area contributed by atoms with Crippen LogP contribution in [0.25, 0.3) is 0 Å². The predicted octanol–water partition coefficient (Wildman–Crippen LogP) is 2.15. The number of aromatic nitrogens is 1. The van der Waals surface area contributed by atoms with Crippen LogP contribution >= 0.6 is 0 Å². The molecule has 118 valence electrons. The second kappa shape index (κ2) is 7.41. The highest BCUT2D eigenvalue weighted by atomic mass is 16.1. The number of amides is 1. The Labute approximate surface area is 128 Å². The van der Waals surface area contributed by atoms with Gasteiger partial charge in [0.25, 0.3) is 5.91 Å². The Morgan fingerprint density at radius 1 is 1.33 bits per heavy atom. The number of likely N-dealkylation sites (N-methyl/N-ethyl adjacent to an activating group) is 1. The number of rotatable bonds is 7. The highest BCUT2D eigenvalue weighted by Gasteiger charge is 2.21. The van der Waals surface area contributed by atoms with Crippen LogP contribution in [0.3, 0.4) is 0 Å². The largest absolute Gasteiger partial charge is 0.373 e. The van der Waals surface area contributed by atoms with E-state index in [0.29, 0.717) is 12.1 Å². The number of carbonyl (C=O) groups excluding carboxylic acids is 1. The van der Waals surface area contributed by atoms with Crippen LogP contribution in [0.15, 0.2) is 12.1 Å². The van der Waals surface area contributed by atoms with E-state index in [2.05, 4.69) is 41.3 Å². The van der Waals surface area contributed by atoms with Gasteiger partial charge in [0.2, 0.25) is 0 Å². The fraction of sp³-hybridized carbons (Fsp3) is 0.625. The Kier molecular flexibility index (Phi) is 6.15. The molecule has 21 heavy (non-hydrogen) atoms. The lowest BCUT2D eigenvalue weighted by atomic mass is 10.0. The quantitative estimate of drug-likeness (QED) is 0.808. The van der Waals surface area contributed by atoms with Crippen molar-refractivity contribution in [3.05, 3.63) is 23.4 Å². The number of aryl methyl sites for hydroxylation is 1. The van der Waals surface area contributed by atoms with Crippen molar-refractivity contribution in [2.45, 2.75) is 39.2 Å². The van der Waals surface area contributed by atoms with Gasteiger partial charge in [-0.2, -0.15) is 0 Å². The fourth-order valence-corrected chi connectivity index (χ4v) is 1.79. The van der Waals surface area contributed by atoms with Gasteiger partial charge in [0, 0.05) is 30.4 Å². The Morgan fingerprint density at radius 2 is 2.00 bits per heavy atom. The van der Waals surface area contributed by atoms with Gasteiger partial charge in [-0.05, 0) is 46.5 Å². The van der Waals surface area contributed by atoms with Crippen LogP contribution in [-0.4, -0.2) is 49.0 Å². The Hall–Kier alpha value is -1.62. The third-order valence-corrected chi connectivity index (χ3v) is 3.80. The van der Waals surface area contributed by atoms with Gasteiger partial charge >= 0.3 is 0 Å². The van der Waals surface area contributed by atoms with Crippen LogP contribution in [-0.2, 0) is 6.42 Å². The summed E-state index contributed by atoms with van der Waals surface area (Å²) in [6, 6.07) is 3.67. The second-order valence-electron chi connectivity index (χ2n) is 6.12. The molecule has 0 bridgehead atoms. The molecule has 0 aromatic carbocycles. The highest BCUT2D eigenvalue weighted by Crippen LogP contribution is 2.13. The van der Waals surface area contributed by atoms with Gasteiger partial charge in [-0.3, -0.25) is 4.79 Å². The molecule has 0 fully saturated rings. The molecule has 0 aliphatic heterocycles. The molecule has 1 amide bonds. The van der Waals surface area contributed by atoms with Crippen molar-refractivity contribution in [2.75, 3.05) is 33.0 Å². The maximum atomic E-state index is 12.4. The molecule has 1 aromatic heterocycles. The van der Waals surface area contributed by atoms with Crippen molar-refractivity contribution in [1.29, 1.82) is 0 Å². The molecule has 5 heteroatoms. The minimum absolute atomic E-state index is 0.0545. The highest BCUT2D eigenvalue weighted by molar-refractivity contribution is 5.95. The summed E-state index contributed by atoms with van der Waals surface area (Å²) in [6.45, 7) is 6.90. The van der Waals surface area contributed by atoms with Gasteiger partial charge in [0.1, 0.15) is 5.82 Å². The Morgan fingerprint density at radius 3 is 2.52 bits per heavy atom. The van der Waals surface area contributed by atoms with Crippen molar-refractivity contribution >= 4 is 11.7 Å². The summed E-state index contributed by atoms with van der Waals surface area (Å²) in [7, 11) is 5.84. The molecule has 0 aliphatic carbocycles. The van der Waals surface area contributed by atoms with Crippen molar-refractivity contribution in [3.63, 3.8) is 0 Å². The topological polar surface area (TPSA) is 57.3 Å². The summed E-state index contributed by atoms with van der Waals surface area (Å²) in [4.78, 5) is 18.9. The molecule has 0 saturated heterocycles. The van der Waals surface area contributed by atoms with Gasteiger partial charge in [0.05, 0.1) is 0 Å². The van der Waals surface area contributed by atoms with E-state index in [1.807, 2.05) is 27.2 Å². The zero-order valence-corrected chi connectivity index (χ0v) is 14.1. The van der Waals surface area contributed by atoms with Gasteiger partial charge in [-0.1, -0.05) is 13.3 Å². The van der Waals surface area contributed by atoms with Crippen LogP contribution in [0.4, 0.5) is 5.82 Å². The lowest BCUT2D eigenvalue weighted by Gasteiger charge is -2.32. The first-order chi connectivity index (χ1) is 9.80. The fourth-order valence-electron chi connectivity index (χ4n) is 1.79. The number of hydrogen-bond donors (Lipinski definition) is 2. The minimum Gasteiger partial charge on any atom is -0.373 e. The molecule has 2 N–H and O–H groups in total. The third-order valence-electron chi connectivity index (χ3n) is 3.80. The second-order valence-corrected chi connectivity index (χ2v) is 6.12. The molecular weight excluding hydrogens is 264 g/mol. The van der Waals surface area contributed by atoms with E-state index in [-0.39, 0.29) is 11.4 Å². The van der Waals surface area contributed by atoms with E-state index in [9.17, 15) is 4.79 Å². The molecule has 1 rings (SSSR count). The van der Waals surface area contributed by atoms with E-state index < -0.39 is 0 Å². The lowest BCUT2D eigenvalue weighted by molar-refractivity contribution is 0.0919. The number of nitrogens with one attached hydrogen (secondary N) is 2. The Bertz CT molecular complexity index is 483. The summed E-state index contributed by atoms with van der Waals surface area (Å²) in [5.41, 5.74) is 1.52. The molecular formula is C16H28N4O. The summed E-state index contributed by atoms with van der Waals surface area (Å²) < 4.78 is 0. The van der Waals surface area contributed by atoms with E-state index >= 15 is 0 Å². The summed E-state index contributed by atoms with van der Waals surface area (Å²) in [6.07, 6.45) is 1.88. The summed E-state index contributed by atoms with van der Waals surface area (Å²) >= 11 is 0. The van der Waals surface area contributed by atoms with Crippen molar-refractivity contribution in [3.8, 4) is 0 Å². The van der Waals surface area contributed by atoms with E-state index in [1.54, 1.807) is 6.07 Å². The normalized spacial score (nSPS) is 11.6. The first-order valence-corrected chi connectivity index (χ1v) is 7.44. The maximum Gasteiger partial charge on any atom is 0.251 e. The van der Waals surface area contributed by atoms with E-state index in [4.69, 9.17) is 0 Å². The maximum absolute atomic E-state index is 12.4. The Balaban J connectivity index is 2.84. The molecule has 1 heterocycles. The number of pyridine rings is 1. The molecule has 0 aliphatic rings. The SMILES string of the molecule is CCCc1cc(C(=O)NCC(C)(C)N(C)C)cc(NC)n1. The van der Waals surface area contributed by atoms with Crippen molar-refractivity contribution in [2.24, 2.45) is 0 Å². The first kappa shape index (κ1) is 17.4. The van der Waals surface area contributed by atoms with Gasteiger partial charge in [-0.15, -0.1) is 0 Å². The lowest BCUT2D eigenvalue weighted by Crippen LogP contribution is -2.48. The molecule has 0 unspecified atom stereocenters. The van der Waals surface area contributed by atoms with Gasteiger partial charge in [-0.25, -0.2) is 4.98 Å². The summed E-state index contributed by atoms with van der Waals surface area (Å²) in [5.74, 6) is 0.680. The number of nitrogens with zero attached hydrogens (tertiary/aromatic N) is 2. The minimum atomic E-state index is -0.0826. The zero-order chi connectivity index (χ0) is 16.0. The summed E-state index contributed by atoms with van der Waals surface area (Å²) in [5, 5.41) is 6.02. The average molecular weight is 292 g/mol. The number of anilines is 1. The smallest absolute Gasteiger partial charge is 0.251 e. The standard InChI is InChI=1S/C16H28N4O/c1-7-8-13-9-12(10-14(17-4)19-13)15(21)18-11-16(2,3)20(5)6/h9-10H,7-8,11H2,1-6H3,(H,17,19)(H,18,21). The van der Waals surface area contributed by atoms with Crippen LogP contribution in [0.5, 0.6) is 0 Å². The molecule has 0 spiro atoms. The molecule has 0 radical (unpaired) electrons. The van der Waals surface area contributed by atoms with Crippen LogP contribution in [0, 0.1) is 0 Å². The zero-order valence-electron chi connectivity index (χ0n) is 14.1. The molecule has 0 atom stereocenters. The van der Waals surface area contributed by atoms with Crippen LogP contribution in [0.2, 0.25) is 0 Å². The molecule has 1 aromatic rings. The number of hydrogen-bond acceptors (Lipinski definition) is 4. The first-order valence-electron chi connectivity index (χ1n) is 7.44. The average Bonchev–Trinajstić information content (AvgIpc) is 2.44. The number of carbonyl (C=O) groups is 1.